The first-order valence-electron chi connectivity index (χ1n) is 6.33. The molecule has 0 heterocycles. The molecule has 1 aliphatic rings. The average Bonchev–Trinajstić information content (AvgIpc) is 2.77. The number of fused-ring (bicyclic) bond motifs is 1. The number of nitrogens with one attached hydrogen (secondary N) is 1. The van der Waals surface area contributed by atoms with E-state index in [2.05, 4.69) is 10.8 Å². The zero-order valence-corrected chi connectivity index (χ0v) is 12.3. The van der Waals surface area contributed by atoms with Crippen molar-refractivity contribution in [1.82, 2.24) is 4.72 Å². The summed E-state index contributed by atoms with van der Waals surface area (Å²) in [6, 6.07) is 8.00. The van der Waals surface area contributed by atoms with Gasteiger partial charge in [-0.2, -0.15) is 5.26 Å². The van der Waals surface area contributed by atoms with Gasteiger partial charge in [-0.1, -0.05) is 12.1 Å². The summed E-state index contributed by atoms with van der Waals surface area (Å²) >= 11 is 0. The highest BCUT2D eigenvalue weighted by atomic mass is 32.2. The van der Waals surface area contributed by atoms with E-state index in [4.69, 9.17) is 5.26 Å². The van der Waals surface area contributed by atoms with Crippen LogP contribution in [0.25, 0.3) is 5.57 Å². The Morgan fingerprint density at radius 1 is 1.37 bits per heavy atom. The molecule has 1 N–H and O–H groups in total. The number of benzene rings is 1. The van der Waals surface area contributed by atoms with Crippen molar-refractivity contribution in [2.24, 2.45) is 0 Å². The molecule has 0 spiro atoms. The quantitative estimate of drug-likeness (QED) is 0.901. The van der Waals surface area contributed by atoms with E-state index in [1.54, 1.807) is 0 Å². The van der Waals surface area contributed by atoms with Crippen molar-refractivity contribution in [2.45, 2.75) is 38.4 Å². The Hall–Kier alpha value is -1.60. The SMILES string of the molecule is CC(C)(C)[S@](=O)N/C=C1/CCc2c(C#N)cccc21. The van der Waals surface area contributed by atoms with Gasteiger partial charge in [0.05, 0.1) is 16.4 Å². The first-order valence-corrected chi connectivity index (χ1v) is 7.48. The summed E-state index contributed by atoms with van der Waals surface area (Å²) in [6.07, 6.45) is 3.62. The van der Waals surface area contributed by atoms with Crippen LogP contribution in [0.4, 0.5) is 0 Å². The molecule has 0 unspecified atom stereocenters. The zero-order valence-electron chi connectivity index (χ0n) is 11.5. The molecule has 0 radical (unpaired) electrons. The second-order valence-corrected chi connectivity index (χ2v) is 7.61. The minimum absolute atomic E-state index is 0.285. The van der Waals surface area contributed by atoms with E-state index in [9.17, 15) is 4.21 Å². The average molecular weight is 274 g/mol. The van der Waals surface area contributed by atoms with Crippen LogP contribution in [0.5, 0.6) is 0 Å². The van der Waals surface area contributed by atoms with Crippen molar-refractivity contribution in [3.8, 4) is 6.07 Å². The Balaban J connectivity index is 2.24. The van der Waals surface area contributed by atoms with Crippen LogP contribution >= 0.6 is 0 Å². The molecule has 1 atom stereocenters. The first-order chi connectivity index (χ1) is 8.93. The minimum atomic E-state index is -1.11. The molecular weight excluding hydrogens is 256 g/mol. The summed E-state index contributed by atoms with van der Waals surface area (Å²) < 4.78 is 14.6. The Bertz CT molecular complexity index is 591. The molecule has 0 aromatic heterocycles. The van der Waals surface area contributed by atoms with Gasteiger partial charge < -0.3 is 4.72 Å². The third-order valence-electron chi connectivity index (χ3n) is 3.18. The van der Waals surface area contributed by atoms with Gasteiger partial charge in [-0.05, 0) is 56.4 Å². The van der Waals surface area contributed by atoms with E-state index in [1.807, 2.05) is 45.2 Å². The standard InChI is InChI=1S/C15H18N2OS/c1-15(2,3)19(18)17-10-12-7-8-14-11(9-16)5-4-6-13(12)14/h4-6,10,17H,7-8H2,1-3H3/b12-10-/t19-/m0/s1. The third kappa shape index (κ3) is 2.87. The van der Waals surface area contributed by atoms with Crippen LogP contribution < -0.4 is 4.72 Å². The molecule has 1 aliphatic carbocycles. The van der Waals surface area contributed by atoms with Gasteiger partial charge in [0.2, 0.25) is 0 Å². The van der Waals surface area contributed by atoms with Crippen molar-refractivity contribution in [1.29, 1.82) is 5.26 Å². The van der Waals surface area contributed by atoms with E-state index in [0.29, 0.717) is 0 Å². The lowest BCUT2D eigenvalue weighted by molar-refractivity contribution is 0.644. The summed E-state index contributed by atoms with van der Waals surface area (Å²) in [7, 11) is -1.11. The van der Waals surface area contributed by atoms with Gasteiger partial charge in [-0.25, -0.2) is 4.21 Å². The molecule has 0 saturated carbocycles. The van der Waals surface area contributed by atoms with Gasteiger partial charge in [-0.3, -0.25) is 0 Å². The second-order valence-electron chi connectivity index (χ2n) is 5.61. The van der Waals surface area contributed by atoms with Gasteiger partial charge in [0.15, 0.2) is 0 Å². The second kappa shape index (κ2) is 5.18. The van der Waals surface area contributed by atoms with Crippen LogP contribution in [0.2, 0.25) is 0 Å². The fourth-order valence-electron chi connectivity index (χ4n) is 2.11. The molecule has 0 saturated heterocycles. The topological polar surface area (TPSA) is 52.9 Å². The minimum Gasteiger partial charge on any atom is -0.311 e. The molecule has 100 valence electrons. The van der Waals surface area contributed by atoms with E-state index < -0.39 is 11.0 Å². The number of rotatable bonds is 2. The molecule has 4 heteroatoms. The lowest BCUT2D eigenvalue weighted by Gasteiger charge is -2.17. The number of hydrogen-bond acceptors (Lipinski definition) is 2. The molecule has 0 fully saturated rings. The van der Waals surface area contributed by atoms with Crippen LogP contribution in [-0.4, -0.2) is 8.96 Å². The third-order valence-corrected chi connectivity index (χ3v) is 4.63. The monoisotopic (exact) mass is 274 g/mol. The van der Waals surface area contributed by atoms with Crippen molar-refractivity contribution in [2.75, 3.05) is 0 Å². The molecule has 1 aromatic rings. The Morgan fingerprint density at radius 3 is 2.74 bits per heavy atom. The molecule has 0 amide bonds. The molecule has 3 nitrogen and oxygen atoms in total. The predicted molar refractivity (Wildman–Crippen MR) is 78.5 cm³/mol. The van der Waals surface area contributed by atoms with Crippen molar-refractivity contribution >= 4 is 16.6 Å². The summed E-state index contributed by atoms with van der Waals surface area (Å²) in [5.41, 5.74) is 4.10. The van der Waals surface area contributed by atoms with Crippen molar-refractivity contribution in [3.05, 3.63) is 41.1 Å². The lowest BCUT2D eigenvalue weighted by atomic mass is 10.0. The van der Waals surface area contributed by atoms with Crippen molar-refractivity contribution in [3.63, 3.8) is 0 Å². The Kier molecular flexibility index (Phi) is 3.77. The highest BCUT2D eigenvalue weighted by Crippen LogP contribution is 2.33. The van der Waals surface area contributed by atoms with Gasteiger partial charge in [0.25, 0.3) is 0 Å². The number of nitriles is 1. The maximum Gasteiger partial charge on any atom is 0.122 e. The smallest absolute Gasteiger partial charge is 0.122 e. The molecule has 1 aromatic carbocycles. The van der Waals surface area contributed by atoms with E-state index >= 15 is 0 Å². The van der Waals surface area contributed by atoms with E-state index in [1.165, 1.54) is 0 Å². The van der Waals surface area contributed by atoms with Crippen LogP contribution in [0.15, 0.2) is 24.4 Å². The van der Waals surface area contributed by atoms with Gasteiger partial charge in [-0.15, -0.1) is 0 Å². The first kappa shape index (κ1) is 13.8. The van der Waals surface area contributed by atoms with Gasteiger partial charge >= 0.3 is 0 Å². The summed E-state index contributed by atoms with van der Waals surface area (Å²) in [4.78, 5) is 0. The highest BCUT2D eigenvalue weighted by Gasteiger charge is 2.21. The van der Waals surface area contributed by atoms with Crippen LogP contribution in [0.1, 0.15) is 43.9 Å². The maximum atomic E-state index is 12.0. The van der Waals surface area contributed by atoms with Gasteiger partial charge in [0.1, 0.15) is 11.0 Å². The fraction of sp³-hybridized carbons (Fsp3) is 0.400. The van der Waals surface area contributed by atoms with E-state index in [-0.39, 0.29) is 4.75 Å². The number of allylic oxidation sites excluding steroid dienone is 1. The van der Waals surface area contributed by atoms with Crippen LogP contribution in [0.3, 0.4) is 0 Å². The largest absolute Gasteiger partial charge is 0.311 e. The predicted octanol–water partition coefficient (Wildman–Crippen LogP) is 2.90. The van der Waals surface area contributed by atoms with E-state index in [0.717, 1.165) is 35.1 Å². The Morgan fingerprint density at radius 2 is 2.11 bits per heavy atom. The lowest BCUT2D eigenvalue weighted by Crippen LogP contribution is -2.30. The zero-order chi connectivity index (χ0) is 14.0. The van der Waals surface area contributed by atoms with Crippen LogP contribution in [0, 0.1) is 11.3 Å². The normalized spacial score (nSPS) is 17.9. The summed E-state index contributed by atoms with van der Waals surface area (Å²) in [6.45, 7) is 5.81. The van der Waals surface area contributed by atoms with Crippen molar-refractivity contribution < 1.29 is 4.21 Å². The fourth-order valence-corrected chi connectivity index (χ4v) is 2.71. The van der Waals surface area contributed by atoms with Gasteiger partial charge in [0, 0.05) is 6.20 Å². The number of nitrogens with zero attached hydrogens (tertiary/aromatic N) is 1. The maximum absolute atomic E-state index is 12.0. The highest BCUT2D eigenvalue weighted by molar-refractivity contribution is 7.84. The Labute approximate surface area is 116 Å². The molecular formula is C15H18N2OS. The molecule has 0 bridgehead atoms. The summed E-state index contributed by atoms with van der Waals surface area (Å²) in [5, 5.41) is 9.08. The summed E-state index contributed by atoms with van der Waals surface area (Å²) in [5.74, 6) is 0. The number of hydrogen-bond donors (Lipinski definition) is 1. The van der Waals surface area contributed by atoms with Crippen LogP contribution in [-0.2, 0) is 17.4 Å². The molecule has 19 heavy (non-hydrogen) atoms. The molecule has 0 aliphatic heterocycles. The molecule has 2 rings (SSSR count).